The summed E-state index contributed by atoms with van der Waals surface area (Å²) in [4.78, 5) is 15.3. The molecule has 1 amide bonds. The van der Waals surface area contributed by atoms with Crippen LogP contribution >= 0.6 is 0 Å². The first-order chi connectivity index (χ1) is 19.4. The van der Waals surface area contributed by atoms with E-state index in [1.807, 2.05) is 4.90 Å². The maximum atomic E-state index is 14.1. The highest BCUT2D eigenvalue weighted by Crippen LogP contribution is 2.39. The highest BCUT2D eigenvalue weighted by Gasteiger charge is 2.32. The Morgan fingerprint density at radius 2 is 1.60 bits per heavy atom. The van der Waals surface area contributed by atoms with Crippen LogP contribution in [0.15, 0.2) is 72.8 Å². The van der Waals surface area contributed by atoms with Crippen LogP contribution in [0.3, 0.4) is 0 Å². The van der Waals surface area contributed by atoms with Gasteiger partial charge in [-0.25, -0.2) is 4.39 Å². The zero-order valence-electron chi connectivity index (χ0n) is 22.9. The molecule has 40 heavy (non-hydrogen) atoms. The number of aryl methyl sites for hydroxylation is 1. The van der Waals surface area contributed by atoms with Crippen molar-refractivity contribution in [3.05, 3.63) is 107 Å². The van der Waals surface area contributed by atoms with E-state index in [1.165, 1.54) is 28.2 Å². The lowest BCUT2D eigenvalue weighted by molar-refractivity contribution is 0.0352. The van der Waals surface area contributed by atoms with Crippen LogP contribution < -0.4 is 0 Å². The predicted molar refractivity (Wildman–Crippen MR) is 157 cm³/mol. The Bertz CT molecular complexity index is 1540. The predicted octanol–water partition coefficient (Wildman–Crippen LogP) is 6.55. The zero-order chi connectivity index (χ0) is 27.8. The number of aliphatic hydroxyl groups is 1. The number of carbonyl (C=O) groups is 1. The van der Waals surface area contributed by atoms with Crippen LogP contribution in [0.1, 0.15) is 71.3 Å². The van der Waals surface area contributed by atoms with Crippen molar-refractivity contribution in [3.8, 4) is 0 Å². The Labute approximate surface area is 234 Å². The molecule has 5 nitrogen and oxygen atoms in total. The third kappa shape index (κ3) is 4.86. The average Bonchev–Trinajstić information content (AvgIpc) is 3.29. The molecular weight excluding hydrogens is 501 g/mol. The SMILES string of the molecule is CCc1c(C2CCN(C(=O)c3ccc(C(=N)c4ccccc4F)cc3)CC2)n(CC2CC(O)C2)c2ccccc12. The van der Waals surface area contributed by atoms with Gasteiger partial charge in [-0.05, 0) is 73.9 Å². The lowest BCUT2D eigenvalue weighted by Crippen LogP contribution is -2.38. The number of aromatic nitrogens is 1. The second-order valence-electron chi connectivity index (χ2n) is 11.3. The van der Waals surface area contributed by atoms with Crippen molar-refractivity contribution >= 4 is 22.5 Å². The number of aliphatic hydroxyl groups excluding tert-OH is 1. The number of nitrogens with zero attached hydrogens (tertiary/aromatic N) is 2. The average molecular weight is 538 g/mol. The van der Waals surface area contributed by atoms with E-state index >= 15 is 0 Å². The molecule has 0 bridgehead atoms. The monoisotopic (exact) mass is 537 g/mol. The van der Waals surface area contributed by atoms with Crippen LogP contribution in [-0.4, -0.2) is 45.4 Å². The summed E-state index contributed by atoms with van der Waals surface area (Å²) in [6, 6.07) is 21.9. The number of nitrogens with one attached hydrogen (secondary N) is 1. The molecular formula is C34H36FN3O2. The van der Waals surface area contributed by atoms with Gasteiger partial charge in [-0.15, -0.1) is 0 Å². The van der Waals surface area contributed by atoms with Crippen molar-refractivity contribution in [1.82, 2.24) is 9.47 Å². The van der Waals surface area contributed by atoms with Crippen LogP contribution in [-0.2, 0) is 13.0 Å². The number of hydrogen-bond donors (Lipinski definition) is 2. The number of hydrogen-bond acceptors (Lipinski definition) is 3. The number of piperidine rings is 1. The third-order valence-electron chi connectivity index (χ3n) is 8.86. The minimum absolute atomic E-state index is 0.00198. The molecule has 2 fully saturated rings. The third-order valence-corrected chi connectivity index (χ3v) is 8.86. The highest BCUT2D eigenvalue weighted by molar-refractivity contribution is 6.11. The molecule has 1 aliphatic carbocycles. The van der Waals surface area contributed by atoms with Crippen LogP contribution in [0.2, 0.25) is 0 Å². The van der Waals surface area contributed by atoms with Gasteiger partial charge in [0, 0.05) is 58.8 Å². The Hall–Kier alpha value is -3.77. The molecule has 0 unspecified atom stereocenters. The molecule has 0 spiro atoms. The summed E-state index contributed by atoms with van der Waals surface area (Å²) in [5.74, 6) is 0.479. The molecule has 1 saturated carbocycles. The van der Waals surface area contributed by atoms with E-state index in [2.05, 4.69) is 35.8 Å². The highest BCUT2D eigenvalue weighted by atomic mass is 19.1. The molecule has 1 aromatic heterocycles. The van der Waals surface area contributed by atoms with E-state index in [9.17, 15) is 14.3 Å². The number of rotatable bonds is 7. The fourth-order valence-electron chi connectivity index (χ4n) is 6.68. The summed E-state index contributed by atoms with van der Waals surface area (Å²) in [7, 11) is 0. The largest absolute Gasteiger partial charge is 0.393 e. The zero-order valence-corrected chi connectivity index (χ0v) is 22.9. The van der Waals surface area contributed by atoms with E-state index < -0.39 is 5.82 Å². The van der Waals surface area contributed by atoms with Crippen molar-refractivity contribution in [1.29, 1.82) is 5.41 Å². The summed E-state index contributed by atoms with van der Waals surface area (Å²) in [5.41, 5.74) is 5.67. The Morgan fingerprint density at radius 3 is 2.27 bits per heavy atom. The molecule has 0 atom stereocenters. The van der Waals surface area contributed by atoms with E-state index in [4.69, 9.17) is 5.41 Å². The Balaban J connectivity index is 1.17. The van der Waals surface area contributed by atoms with Gasteiger partial charge < -0.3 is 14.6 Å². The van der Waals surface area contributed by atoms with Crippen molar-refractivity contribution in [2.24, 2.45) is 5.92 Å². The summed E-state index contributed by atoms with van der Waals surface area (Å²) < 4.78 is 16.7. The van der Waals surface area contributed by atoms with Crippen LogP contribution in [0.5, 0.6) is 0 Å². The first kappa shape index (κ1) is 26.5. The number of para-hydroxylation sites is 1. The van der Waals surface area contributed by atoms with Crippen molar-refractivity contribution in [2.75, 3.05) is 13.1 Å². The number of fused-ring (bicyclic) bond motifs is 1. The maximum Gasteiger partial charge on any atom is 0.253 e. The summed E-state index contributed by atoms with van der Waals surface area (Å²) in [5, 5.41) is 19.6. The van der Waals surface area contributed by atoms with E-state index in [0.717, 1.165) is 38.6 Å². The van der Waals surface area contributed by atoms with Gasteiger partial charge in [0.1, 0.15) is 5.82 Å². The molecule has 4 aromatic rings. The van der Waals surface area contributed by atoms with Crippen molar-refractivity contribution in [2.45, 2.75) is 57.6 Å². The molecule has 6 heteroatoms. The molecule has 1 saturated heterocycles. The Kier molecular flexibility index (Phi) is 7.28. The van der Waals surface area contributed by atoms with Crippen LogP contribution in [0.4, 0.5) is 4.39 Å². The molecule has 6 rings (SSSR count). The molecule has 2 aliphatic rings. The maximum absolute atomic E-state index is 14.1. The van der Waals surface area contributed by atoms with Gasteiger partial charge in [-0.2, -0.15) is 0 Å². The summed E-state index contributed by atoms with van der Waals surface area (Å²) >= 11 is 0. The van der Waals surface area contributed by atoms with Crippen molar-refractivity contribution < 1.29 is 14.3 Å². The van der Waals surface area contributed by atoms with Gasteiger partial charge >= 0.3 is 0 Å². The second kappa shape index (κ2) is 11.0. The lowest BCUT2D eigenvalue weighted by atomic mass is 9.82. The molecule has 206 valence electrons. The number of halogens is 1. The topological polar surface area (TPSA) is 69.3 Å². The molecule has 3 aromatic carbocycles. The second-order valence-corrected chi connectivity index (χ2v) is 11.3. The van der Waals surface area contributed by atoms with Gasteiger partial charge in [0.15, 0.2) is 0 Å². The minimum Gasteiger partial charge on any atom is -0.393 e. The molecule has 2 heterocycles. The fourth-order valence-corrected chi connectivity index (χ4v) is 6.68. The fraction of sp³-hybridized carbons (Fsp3) is 0.353. The molecule has 0 radical (unpaired) electrons. The van der Waals surface area contributed by atoms with Gasteiger partial charge in [0.2, 0.25) is 0 Å². The van der Waals surface area contributed by atoms with E-state index in [-0.39, 0.29) is 23.3 Å². The minimum atomic E-state index is -0.425. The van der Waals surface area contributed by atoms with Crippen molar-refractivity contribution in [3.63, 3.8) is 0 Å². The number of benzene rings is 3. The molecule has 2 N–H and O–H groups in total. The van der Waals surface area contributed by atoms with Crippen LogP contribution in [0.25, 0.3) is 10.9 Å². The van der Waals surface area contributed by atoms with Crippen LogP contribution in [0, 0.1) is 17.1 Å². The van der Waals surface area contributed by atoms with E-state index in [0.29, 0.717) is 36.1 Å². The summed E-state index contributed by atoms with van der Waals surface area (Å²) in [6.07, 6.45) is 4.40. The normalized spacial score (nSPS) is 19.5. The first-order valence-electron chi connectivity index (χ1n) is 14.5. The number of likely N-dealkylation sites (tertiary alicyclic amines) is 1. The summed E-state index contributed by atoms with van der Waals surface area (Å²) in [6.45, 7) is 4.57. The lowest BCUT2D eigenvalue weighted by Gasteiger charge is -2.36. The van der Waals surface area contributed by atoms with Gasteiger partial charge in [0.25, 0.3) is 5.91 Å². The first-order valence-corrected chi connectivity index (χ1v) is 14.5. The van der Waals surface area contributed by atoms with Gasteiger partial charge in [-0.3, -0.25) is 10.2 Å². The smallest absolute Gasteiger partial charge is 0.253 e. The van der Waals surface area contributed by atoms with Gasteiger partial charge in [0.05, 0.1) is 11.8 Å². The quantitative estimate of drug-likeness (QED) is 0.263. The van der Waals surface area contributed by atoms with Gasteiger partial charge in [-0.1, -0.05) is 49.4 Å². The Morgan fingerprint density at radius 1 is 0.950 bits per heavy atom. The van der Waals surface area contributed by atoms with E-state index in [1.54, 1.807) is 42.5 Å². The standard InChI is InChI=1S/C34H36FN3O2/c1-2-27-28-7-4-6-10-31(28)38(21-22-19-26(39)20-22)33(27)24-15-17-37(18-16-24)34(40)25-13-11-23(12-14-25)32(36)29-8-3-5-9-30(29)35/h3-14,22,24,26,36,39H,2,15-21H2,1H3. The molecule has 1 aliphatic heterocycles. The number of amides is 1. The number of carbonyl (C=O) groups excluding carboxylic acids is 1.